The maximum atomic E-state index is 13.2. The molecule has 2 aromatic heterocycles. The monoisotopic (exact) mass is 787 g/mol. The molecule has 0 radical (unpaired) electrons. The first-order valence-electron chi connectivity index (χ1n) is 19.6. The number of imidazole rings is 2. The van der Waals surface area contributed by atoms with E-state index >= 15 is 0 Å². The number of hydrogen-bond donors (Lipinski definition) is 1. The number of non-ortho nitro benzene ring substituents is 1. The quantitative estimate of drug-likeness (QED) is 0.115. The lowest BCUT2D eigenvalue weighted by Crippen LogP contribution is -2.26. The Bertz CT molecular complexity index is 2260. The Hall–Kier alpha value is -4.53. The van der Waals surface area contributed by atoms with Crippen LogP contribution >= 0.6 is 0 Å². The van der Waals surface area contributed by atoms with Crippen LogP contribution in [0, 0.1) is 22.0 Å². The molecule has 7 rings (SSSR count). The van der Waals surface area contributed by atoms with Crippen molar-refractivity contribution in [1.82, 2.24) is 19.1 Å². The molecule has 13 nitrogen and oxygen atoms in total. The molecule has 0 amide bonds. The maximum absolute atomic E-state index is 13.2. The lowest BCUT2D eigenvalue weighted by Gasteiger charge is -2.26. The first-order valence-corrected chi connectivity index (χ1v) is 21.0. The average molecular weight is 788 g/mol. The first kappa shape index (κ1) is 41.1. The van der Waals surface area contributed by atoms with Crippen LogP contribution in [-0.4, -0.2) is 73.0 Å². The zero-order valence-corrected chi connectivity index (χ0v) is 34.9. The fourth-order valence-corrected chi connectivity index (χ4v) is 8.71. The van der Waals surface area contributed by atoms with Gasteiger partial charge in [-0.2, -0.15) is 0 Å². The molecule has 0 atom stereocenters. The van der Waals surface area contributed by atoms with Gasteiger partial charge in [0, 0.05) is 82.3 Å². The van der Waals surface area contributed by atoms with Crippen LogP contribution in [-0.2, 0) is 43.4 Å². The highest BCUT2D eigenvalue weighted by Gasteiger charge is 2.28. The third-order valence-corrected chi connectivity index (χ3v) is 12.5. The number of ether oxygens (including phenoxy) is 2. The molecule has 3 aromatic carbocycles. The van der Waals surface area contributed by atoms with Crippen LogP contribution < -0.4 is 9.62 Å². The van der Waals surface area contributed by atoms with E-state index in [1.807, 2.05) is 13.1 Å². The number of fused-ring (bicyclic) bond motifs is 2. The lowest BCUT2D eigenvalue weighted by molar-refractivity contribution is -0.384. The molecule has 14 heteroatoms. The third kappa shape index (κ3) is 9.03. The Kier molecular flexibility index (Phi) is 12.1. The summed E-state index contributed by atoms with van der Waals surface area (Å²) < 4.78 is 43.2. The zero-order valence-electron chi connectivity index (χ0n) is 34.0. The Morgan fingerprint density at radius 1 is 0.768 bits per heavy atom. The third-order valence-electron chi connectivity index (χ3n) is 10.7. The molecule has 0 aliphatic carbocycles. The number of nitrogens with one attached hydrogen (secondary N) is 1. The molecule has 0 unspecified atom stereocenters. The normalized spacial score (nSPS) is 16.1. The number of nitro benzene ring substituents is 1. The van der Waals surface area contributed by atoms with Crippen LogP contribution in [0.2, 0.25) is 0 Å². The van der Waals surface area contributed by atoms with Gasteiger partial charge in [0.15, 0.2) is 0 Å². The number of benzene rings is 3. The number of anilines is 2. The van der Waals surface area contributed by atoms with Crippen molar-refractivity contribution in [3.63, 3.8) is 0 Å². The van der Waals surface area contributed by atoms with Gasteiger partial charge in [-0.15, -0.1) is 0 Å². The summed E-state index contributed by atoms with van der Waals surface area (Å²) >= 11 is 0. The summed E-state index contributed by atoms with van der Waals surface area (Å²) in [6, 6.07) is 16.9. The molecule has 2 aliphatic heterocycles. The van der Waals surface area contributed by atoms with Crippen molar-refractivity contribution < 1.29 is 22.8 Å². The van der Waals surface area contributed by atoms with E-state index in [-0.39, 0.29) is 21.4 Å². The minimum Gasteiger partial charge on any atom is -0.388 e. The Morgan fingerprint density at radius 3 is 1.68 bits per heavy atom. The molecule has 5 aromatic rings. The van der Waals surface area contributed by atoms with E-state index in [9.17, 15) is 18.5 Å². The Morgan fingerprint density at radius 2 is 1.23 bits per heavy atom. The minimum absolute atomic E-state index is 0.0128. The minimum atomic E-state index is -3.90. The Labute approximate surface area is 330 Å². The summed E-state index contributed by atoms with van der Waals surface area (Å²) in [5.41, 5.74) is 5.34. The summed E-state index contributed by atoms with van der Waals surface area (Å²) in [7, 11) is -0.472. The van der Waals surface area contributed by atoms with E-state index in [4.69, 9.17) is 19.4 Å². The van der Waals surface area contributed by atoms with Gasteiger partial charge in [-0.3, -0.25) is 14.4 Å². The van der Waals surface area contributed by atoms with Crippen LogP contribution in [0.5, 0.6) is 0 Å². The number of aromatic nitrogens is 4. The fourth-order valence-electron chi connectivity index (χ4n) is 7.53. The van der Waals surface area contributed by atoms with Gasteiger partial charge in [-0.05, 0) is 86.1 Å². The van der Waals surface area contributed by atoms with Gasteiger partial charge in [0.1, 0.15) is 11.6 Å². The largest absolute Gasteiger partial charge is 0.388 e. The lowest BCUT2D eigenvalue weighted by atomic mass is 9.94. The van der Waals surface area contributed by atoms with Crippen molar-refractivity contribution in [2.24, 2.45) is 11.8 Å². The molecule has 0 spiro atoms. The van der Waals surface area contributed by atoms with E-state index < -0.39 is 14.9 Å². The summed E-state index contributed by atoms with van der Waals surface area (Å²) in [6.45, 7) is 18.3. The molecule has 2 aliphatic rings. The second kappa shape index (κ2) is 16.5. The molecule has 302 valence electrons. The van der Waals surface area contributed by atoms with Gasteiger partial charge < -0.3 is 23.9 Å². The molecule has 2 fully saturated rings. The van der Waals surface area contributed by atoms with Crippen molar-refractivity contribution in [1.29, 1.82) is 0 Å². The van der Waals surface area contributed by atoms with Crippen molar-refractivity contribution >= 4 is 49.2 Å². The van der Waals surface area contributed by atoms with Gasteiger partial charge in [0.2, 0.25) is 0 Å². The molecular weight excluding hydrogens is 731 g/mol. The van der Waals surface area contributed by atoms with Gasteiger partial charge in [0.25, 0.3) is 15.7 Å². The summed E-state index contributed by atoms with van der Waals surface area (Å²) in [5, 5.41) is 14.1. The number of hydrogen-bond acceptors (Lipinski definition) is 9. The van der Waals surface area contributed by atoms with Gasteiger partial charge in [-0.25, -0.2) is 18.4 Å². The molecule has 0 saturated carbocycles. The van der Waals surface area contributed by atoms with E-state index in [2.05, 4.69) is 74.2 Å². The molecule has 0 bridgehead atoms. The second-order valence-electron chi connectivity index (χ2n) is 17.1. The average Bonchev–Trinajstić information content (AvgIpc) is 3.73. The van der Waals surface area contributed by atoms with Crippen molar-refractivity contribution in [2.45, 2.75) is 96.0 Å². The van der Waals surface area contributed by atoms with Gasteiger partial charge in [-0.1, -0.05) is 41.5 Å². The van der Waals surface area contributed by atoms with Crippen LogP contribution in [0.25, 0.3) is 22.1 Å². The molecule has 4 heterocycles. The number of rotatable bonds is 9. The molecule has 56 heavy (non-hydrogen) atoms. The second-order valence-corrected chi connectivity index (χ2v) is 19.0. The SMILES string of the molecule is CN(c1ccc2c(c1)nc(C(C)(C)C)n2CC1CCOCC1)S(=O)(=O)c1ccc([N+](=O)[O-])cc1.CNc1ccc2c(c1)nc(C(C)(C)C)n2CC1CCOCC1. The number of nitrogens with zero attached hydrogens (tertiary/aromatic N) is 6. The zero-order chi connectivity index (χ0) is 40.4. The summed E-state index contributed by atoms with van der Waals surface area (Å²) in [5.74, 6) is 3.35. The smallest absolute Gasteiger partial charge is 0.269 e. The topological polar surface area (TPSA) is 147 Å². The summed E-state index contributed by atoms with van der Waals surface area (Å²) in [4.78, 5) is 20.2. The maximum Gasteiger partial charge on any atom is 0.269 e. The van der Waals surface area contributed by atoms with Crippen molar-refractivity contribution in [2.75, 3.05) is 50.1 Å². The van der Waals surface area contributed by atoms with Crippen LogP contribution in [0.1, 0.15) is 78.9 Å². The first-order chi connectivity index (χ1) is 26.5. The molecule has 2 saturated heterocycles. The highest BCUT2D eigenvalue weighted by molar-refractivity contribution is 7.92. The highest BCUT2D eigenvalue weighted by atomic mass is 32.2. The van der Waals surface area contributed by atoms with Crippen LogP contribution in [0.4, 0.5) is 17.1 Å². The predicted octanol–water partition coefficient (Wildman–Crippen LogP) is 8.30. The van der Waals surface area contributed by atoms with E-state index in [0.717, 1.165) is 93.3 Å². The highest BCUT2D eigenvalue weighted by Crippen LogP contribution is 2.33. The predicted molar refractivity (Wildman–Crippen MR) is 222 cm³/mol. The number of nitro groups is 1. The standard InChI is InChI=1S/C24H30N4O5S.C18H27N3O/c1-24(2,3)23-25-21-15-19(7-10-22(21)27(23)16-17-11-13-33-14-12-17)26(4)34(31,32)20-8-5-18(6-9-20)28(29)30;1-18(2,3)17-20-15-11-14(19-4)5-6-16(15)21(17)12-13-7-9-22-10-8-13/h5-10,15,17H,11-14,16H2,1-4H3;5-6,11,13,19H,7-10,12H2,1-4H3. The van der Waals surface area contributed by atoms with Crippen molar-refractivity contribution in [3.8, 4) is 0 Å². The molecule has 1 N–H and O–H groups in total. The van der Waals surface area contributed by atoms with Gasteiger partial charge >= 0.3 is 0 Å². The van der Waals surface area contributed by atoms with Gasteiger partial charge in [0.05, 0.1) is 37.6 Å². The van der Waals surface area contributed by atoms with E-state index in [0.29, 0.717) is 17.5 Å². The van der Waals surface area contributed by atoms with Crippen molar-refractivity contribution in [3.05, 3.63) is 82.4 Å². The van der Waals surface area contributed by atoms with Crippen LogP contribution in [0.15, 0.2) is 65.6 Å². The number of sulfonamides is 1. The van der Waals surface area contributed by atoms with E-state index in [1.54, 1.807) is 12.1 Å². The van der Waals surface area contributed by atoms with Crippen LogP contribution in [0.3, 0.4) is 0 Å². The molecular formula is C42H57N7O6S. The van der Waals surface area contributed by atoms with E-state index in [1.165, 1.54) is 47.0 Å². The Balaban J connectivity index is 0.000000208. The summed E-state index contributed by atoms with van der Waals surface area (Å²) in [6.07, 6.45) is 4.32. The fraction of sp³-hybridized carbons (Fsp3) is 0.524.